The highest BCUT2D eigenvalue weighted by molar-refractivity contribution is 5.93. The molecule has 1 aromatic rings. The fourth-order valence-corrected chi connectivity index (χ4v) is 2.30. The van der Waals surface area contributed by atoms with Gasteiger partial charge < -0.3 is 11.1 Å². The zero-order chi connectivity index (χ0) is 13.0. The molecule has 0 saturated heterocycles. The van der Waals surface area contributed by atoms with Crippen LogP contribution in [0.1, 0.15) is 32.1 Å². The van der Waals surface area contributed by atoms with Gasteiger partial charge in [-0.25, -0.2) is 9.78 Å². The standard InChI is InChI=1S/C13H20N4O/c1-17(12-11(14)8-5-9-15-12)13(18)16-10-6-3-2-4-7-10/h5,8-10H,2-4,6-7,14H2,1H3,(H,16,18). The third kappa shape index (κ3) is 2.91. The molecule has 1 aliphatic rings. The van der Waals surface area contributed by atoms with Crippen molar-refractivity contribution < 1.29 is 4.79 Å². The van der Waals surface area contributed by atoms with Crippen LogP contribution in [0, 0.1) is 0 Å². The molecule has 0 aliphatic heterocycles. The van der Waals surface area contributed by atoms with E-state index >= 15 is 0 Å². The zero-order valence-corrected chi connectivity index (χ0v) is 10.7. The molecule has 1 aliphatic carbocycles. The largest absolute Gasteiger partial charge is 0.396 e. The van der Waals surface area contributed by atoms with E-state index < -0.39 is 0 Å². The van der Waals surface area contributed by atoms with Crippen LogP contribution in [0.2, 0.25) is 0 Å². The van der Waals surface area contributed by atoms with Gasteiger partial charge in [0.05, 0.1) is 5.69 Å². The van der Waals surface area contributed by atoms with Crippen molar-refractivity contribution in [3.05, 3.63) is 18.3 Å². The Labute approximate surface area is 107 Å². The van der Waals surface area contributed by atoms with Gasteiger partial charge in [0.25, 0.3) is 0 Å². The molecule has 2 amide bonds. The summed E-state index contributed by atoms with van der Waals surface area (Å²) in [4.78, 5) is 17.7. The average molecular weight is 248 g/mol. The van der Waals surface area contributed by atoms with Crippen molar-refractivity contribution in [1.82, 2.24) is 10.3 Å². The number of carbonyl (C=O) groups is 1. The number of carbonyl (C=O) groups excluding carboxylic acids is 1. The Bertz CT molecular complexity index is 415. The van der Waals surface area contributed by atoms with Crippen molar-refractivity contribution in [2.45, 2.75) is 38.1 Å². The minimum absolute atomic E-state index is 0.132. The molecule has 0 spiro atoms. The number of nitrogen functional groups attached to an aromatic ring is 1. The van der Waals surface area contributed by atoms with Crippen molar-refractivity contribution in [2.75, 3.05) is 17.7 Å². The van der Waals surface area contributed by atoms with Gasteiger partial charge in [0.1, 0.15) is 0 Å². The molecule has 0 atom stereocenters. The lowest BCUT2D eigenvalue weighted by Gasteiger charge is -2.26. The number of pyridine rings is 1. The first-order valence-electron chi connectivity index (χ1n) is 6.43. The van der Waals surface area contributed by atoms with Crippen molar-refractivity contribution in [3.63, 3.8) is 0 Å². The van der Waals surface area contributed by atoms with Gasteiger partial charge in [-0.2, -0.15) is 0 Å². The molecule has 0 unspecified atom stereocenters. The van der Waals surface area contributed by atoms with Gasteiger partial charge >= 0.3 is 6.03 Å². The van der Waals surface area contributed by atoms with Crippen LogP contribution in [0.3, 0.4) is 0 Å². The van der Waals surface area contributed by atoms with Crippen LogP contribution < -0.4 is 16.0 Å². The number of hydrogen-bond acceptors (Lipinski definition) is 3. The second-order valence-corrected chi connectivity index (χ2v) is 4.76. The number of amides is 2. The number of urea groups is 1. The van der Waals surface area contributed by atoms with Crippen LogP contribution in [0.15, 0.2) is 18.3 Å². The van der Waals surface area contributed by atoms with E-state index in [-0.39, 0.29) is 6.03 Å². The fraction of sp³-hybridized carbons (Fsp3) is 0.538. The molecule has 5 heteroatoms. The topological polar surface area (TPSA) is 71.2 Å². The van der Waals surface area contributed by atoms with Crippen molar-refractivity contribution in [1.29, 1.82) is 0 Å². The first-order chi connectivity index (χ1) is 8.68. The molecule has 18 heavy (non-hydrogen) atoms. The summed E-state index contributed by atoms with van der Waals surface area (Å²) < 4.78 is 0. The van der Waals surface area contributed by atoms with Gasteiger partial charge in [0, 0.05) is 19.3 Å². The highest BCUT2D eigenvalue weighted by Gasteiger charge is 2.20. The quantitative estimate of drug-likeness (QED) is 0.842. The van der Waals surface area contributed by atoms with Crippen LogP contribution in [0.25, 0.3) is 0 Å². The summed E-state index contributed by atoms with van der Waals surface area (Å²) in [6.45, 7) is 0. The van der Waals surface area contributed by atoms with Crippen LogP contribution in [0.5, 0.6) is 0 Å². The molecule has 0 bridgehead atoms. The highest BCUT2D eigenvalue weighted by atomic mass is 16.2. The van der Waals surface area contributed by atoms with E-state index in [1.165, 1.54) is 24.2 Å². The van der Waals surface area contributed by atoms with E-state index in [9.17, 15) is 4.79 Å². The van der Waals surface area contributed by atoms with Crippen molar-refractivity contribution in [3.8, 4) is 0 Å². The van der Waals surface area contributed by atoms with E-state index in [2.05, 4.69) is 10.3 Å². The van der Waals surface area contributed by atoms with Gasteiger partial charge in [-0.05, 0) is 25.0 Å². The molecule has 0 radical (unpaired) electrons. The molecule has 1 fully saturated rings. The number of rotatable bonds is 2. The Kier molecular flexibility index (Phi) is 4.02. The predicted octanol–water partition coefficient (Wildman–Crippen LogP) is 2.14. The summed E-state index contributed by atoms with van der Waals surface area (Å²) in [5, 5.41) is 3.04. The van der Waals surface area contributed by atoms with Gasteiger partial charge in [0.15, 0.2) is 5.82 Å². The average Bonchev–Trinajstić information content (AvgIpc) is 2.39. The normalized spacial score (nSPS) is 16.3. The van der Waals surface area contributed by atoms with Gasteiger partial charge in [-0.15, -0.1) is 0 Å². The lowest BCUT2D eigenvalue weighted by atomic mass is 9.96. The maximum Gasteiger partial charge on any atom is 0.323 e. The molecular formula is C13H20N4O. The molecule has 0 aromatic carbocycles. The second kappa shape index (κ2) is 5.71. The van der Waals surface area contributed by atoms with E-state index in [1.54, 1.807) is 25.4 Å². The number of hydrogen-bond donors (Lipinski definition) is 2. The Balaban J connectivity index is 1.98. The van der Waals surface area contributed by atoms with E-state index in [0.717, 1.165) is 12.8 Å². The Morgan fingerprint density at radius 1 is 1.44 bits per heavy atom. The third-order valence-electron chi connectivity index (χ3n) is 3.37. The van der Waals surface area contributed by atoms with Crippen LogP contribution in [-0.4, -0.2) is 24.1 Å². The molecule has 2 rings (SSSR count). The maximum absolute atomic E-state index is 12.1. The summed E-state index contributed by atoms with van der Waals surface area (Å²) in [5.74, 6) is 0.505. The van der Waals surface area contributed by atoms with Gasteiger partial charge in [0.2, 0.25) is 0 Å². The Morgan fingerprint density at radius 2 is 2.17 bits per heavy atom. The van der Waals surface area contributed by atoms with Crippen LogP contribution >= 0.6 is 0 Å². The van der Waals surface area contributed by atoms with Crippen molar-refractivity contribution in [2.24, 2.45) is 0 Å². The van der Waals surface area contributed by atoms with Gasteiger partial charge in [-0.1, -0.05) is 19.3 Å². The predicted molar refractivity (Wildman–Crippen MR) is 72.5 cm³/mol. The first kappa shape index (κ1) is 12.7. The number of anilines is 2. The molecule has 98 valence electrons. The third-order valence-corrected chi connectivity index (χ3v) is 3.37. The molecule has 3 N–H and O–H groups in total. The number of nitrogens with one attached hydrogen (secondary N) is 1. The SMILES string of the molecule is CN(C(=O)NC1CCCCC1)c1ncccc1N. The summed E-state index contributed by atoms with van der Waals surface area (Å²) in [5.41, 5.74) is 6.32. The van der Waals surface area contributed by atoms with Crippen LogP contribution in [0.4, 0.5) is 16.3 Å². The number of nitrogens with two attached hydrogens (primary N) is 1. The summed E-state index contributed by atoms with van der Waals surface area (Å²) >= 11 is 0. The van der Waals surface area contributed by atoms with E-state index in [1.807, 2.05) is 0 Å². The maximum atomic E-state index is 12.1. The monoisotopic (exact) mass is 248 g/mol. The molecule has 1 heterocycles. The lowest BCUT2D eigenvalue weighted by molar-refractivity contribution is 0.239. The van der Waals surface area contributed by atoms with E-state index in [0.29, 0.717) is 17.5 Å². The minimum atomic E-state index is -0.132. The van der Waals surface area contributed by atoms with Gasteiger partial charge in [-0.3, -0.25) is 4.90 Å². The first-order valence-corrected chi connectivity index (χ1v) is 6.43. The number of aromatic nitrogens is 1. The Morgan fingerprint density at radius 3 is 2.83 bits per heavy atom. The second-order valence-electron chi connectivity index (χ2n) is 4.76. The molecule has 1 aromatic heterocycles. The Hall–Kier alpha value is -1.78. The smallest absolute Gasteiger partial charge is 0.323 e. The molecular weight excluding hydrogens is 228 g/mol. The minimum Gasteiger partial charge on any atom is -0.396 e. The molecule has 5 nitrogen and oxygen atoms in total. The number of nitrogens with zero attached hydrogens (tertiary/aromatic N) is 2. The van der Waals surface area contributed by atoms with Crippen molar-refractivity contribution >= 4 is 17.5 Å². The fourth-order valence-electron chi connectivity index (χ4n) is 2.30. The molecule has 1 saturated carbocycles. The highest BCUT2D eigenvalue weighted by Crippen LogP contribution is 2.20. The van der Waals surface area contributed by atoms with E-state index in [4.69, 9.17) is 5.73 Å². The summed E-state index contributed by atoms with van der Waals surface area (Å²) in [6.07, 6.45) is 7.43. The lowest BCUT2D eigenvalue weighted by Crippen LogP contribution is -2.44. The summed E-state index contributed by atoms with van der Waals surface area (Å²) in [6, 6.07) is 3.66. The van der Waals surface area contributed by atoms with Crippen LogP contribution in [-0.2, 0) is 0 Å². The zero-order valence-electron chi connectivity index (χ0n) is 10.7. The summed E-state index contributed by atoms with van der Waals surface area (Å²) in [7, 11) is 1.69.